The molecule has 12 aromatic rings. The zero-order chi connectivity index (χ0) is 38.2. The van der Waals surface area contributed by atoms with E-state index in [1.807, 2.05) is 22.7 Å². The molecule has 0 aliphatic carbocycles. The summed E-state index contributed by atoms with van der Waals surface area (Å²) >= 11 is 3.71. The number of nitrogens with zero attached hydrogens (tertiary/aromatic N) is 1. The molecule has 0 saturated carbocycles. The molecule has 0 radical (unpaired) electrons. The summed E-state index contributed by atoms with van der Waals surface area (Å²) in [7, 11) is 0. The van der Waals surface area contributed by atoms with Gasteiger partial charge in [-0.25, -0.2) is 0 Å². The van der Waals surface area contributed by atoms with Gasteiger partial charge < -0.3 is 9.32 Å². The highest BCUT2D eigenvalue weighted by Crippen LogP contribution is 2.52. The van der Waals surface area contributed by atoms with Crippen LogP contribution in [0.25, 0.3) is 95.7 Å². The summed E-state index contributed by atoms with van der Waals surface area (Å²) < 4.78 is 12.2. The van der Waals surface area contributed by atoms with Crippen LogP contribution in [0.15, 0.2) is 205 Å². The molecule has 0 amide bonds. The van der Waals surface area contributed by atoms with Crippen LogP contribution in [0.5, 0.6) is 0 Å². The summed E-state index contributed by atoms with van der Waals surface area (Å²) in [5.74, 6) is 0. The number of hydrogen-bond acceptors (Lipinski definition) is 4. The van der Waals surface area contributed by atoms with Crippen LogP contribution in [0.1, 0.15) is 0 Å². The molecular formula is C54H33NOS2. The molecule has 0 saturated heterocycles. The smallest absolute Gasteiger partial charge is 0.145 e. The van der Waals surface area contributed by atoms with Crippen molar-refractivity contribution in [2.75, 3.05) is 4.90 Å². The van der Waals surface area contributed by atoms with Gasteiger partial charge in [0.2, 0.25) is 0 Å². The Kier molecular flexibility index (Phi) is 7.62. The summed E-state index contributed by atoms with van der Waals surface area (Å²) in [4.78, 5) is 2.51. The summed E-state index contributed by atoms with van der Waals surface area (Å²) in [6, 6.07) is 72.6. The predicted octanol–water partition coefficient (Wildman–Crippen LogP) is 16.8. The fourth-order valence-corrected chi connectivity index (χ4v) is 11.0. The molecule has 2 nitrogen and oxygen atoms in total. The van der Waals surface area contributed by atoms with E-state index in [9.17, 15) is 0 Å². The Morgan fingerprint density at radius 3 is 1.72 bits per heavy atom. The van der Waals surface area contributed by atoms with Crippen LogP contribution in [0, 0.1) is 0 Å². The van der Waals surface area contributed by atoms with Gasteiger partial charge in [0.05, 0.1) is 16.8 Å². The largest absolute Gasteiger partial charge is 0.455 e. The van der Waals surface area contributed by atoms with Crippen molar-refractivity contribution in [3.05, 3.63) is 200 Å². The Labute approximate surface area is 343 Å². The summed E-state index contributed by atoms with van der Waals surface area (Å²) in [5.41, 5.74) is 11.9. The molecule has 0 aliphatic rings. The topological polar surface area (TPSA) is 16.4 Å². The molecule has 0 N–H and O–H groups in total. The Morgan fingerprint density at radius 1 is 0.345 bits per heavy atom. The van der Waals surface area contributed by atoms with Gasteiger partial charge in [0.15, 0.2) is 0 Å². The van der Waals surface area contributed by atoms with Crippen LogP contribution < -0.4 is 4.90 Å². The van der Waals surface area contributed by atoms with Crippen molar-refractivity contribution in [1.29, 1.82) is 0 Å². The highest BCUT2D eigenvalue weighted by Gasteiger charge is 2.26. The monoisotopic (exact) mass is 775 g/mol. The molecule has 0 bridgehead atoms. The first kappa shape index (κ1) is 33.2. The molecule has 0 fully saturated rings. The Morgan fingerprint density at radius 2 is 0.966 bits per heavy atom. The van der Waals surface area contributed by atoms with Gasteiger partial charge in [-0.15, -0.1) is 22.7 Å². The molecule has 3 aromatic heterocycles. The average molecular weight is 776 g/mol. The van der Waals surface area contributed by atoms with Crippen LogP contribution in [0.3, 0.4) is 0 Å². The minimum Gasteiger partial charge on any atom is -0.455 e. The Balaban J connectivity index is 1.22. The van der Waals surface area contributed by atoms with Crippen molar-refractivity contribution in [1.82, 2.24) is 0 Å². The van der Waals surface area contributed by atoms with E-state index in [-0.39, 0.29) is 0 Å². The Hall–Kier alpha value is -6.98. The average Bonchev–Trinajstić information content (AvgIpc) is 3.98. The first-order chi connectivity index (χ1) is 28.7. The number of furan rings is 1. The van der Waals surface area contributed by atoms with E-state index in [2.05, 4.69) is 205 Å². The number of rotatable bonds is 6. The van der Waals surface area contributed by atoms with Crippen LogP contribution >= 0.6 is 22.7 Å². The third-order valence-electron chi connectivity index (χ3n) is 11.5. The summed E-state index contributed by atoms with van der Waals surface area (Å²) in [6.45, 7) is 0. The van der Waals surface area contributed by atoms with Crippen LogP contribution in [0.2, 0.25) is 0 Å². The van der Waals surface area contributed by atoms with E-state index in [1.54, 1.807) is 0 Å². The van der Waals surface area contributed by atoms with E-state index in [0.717, 1.165) is 61.3 Å². The molecule has 58 heavy (non-hydrogen) atoms. The number of thiophene rings is 2. The first-order valence-corrected chi connectivity index (χ1v) is 21.2. The lowest BCUT2D eigenvalue weighted by Crippen LogP contribution is -2.11. The van der Waals surface area contributed by atoms with Crippen molar-refractivity contribution in [2.24, 2.45) is 0 Å². The second-order valence-corrected chi connectivity index (χ2v) is 17.0. The molecule has 272 valence electrons. The van der Waals surface area contributed by atoms with E-state index in [4.69, 9.17) is 4.42 Å². The lowest BCUT2D eigenvalue weighted by Gasteiger charge is -2.28. The fraction of sp³-hybridized carbons (Fsp3) is 0. The lowest BCUT2D eigenvalue weighted by atomic mass is 9.97. The first-order valence-electron chi connectivity index (χ1n) is 19.6. The zero-order valence-electron chi connectivity index (χ0n) is 31.2. The SMILES string of the molecule is c1ccc(-c2ccc3c(c2)oc2c(-c4ccccc4)ccc(N(c4ccc5sc6ccccc6c5c4)c4cc(-c5ccccc5)cc5sc6ccccc6c45)c23)cc1. The molecule has 12 rings (SSSR count). The number of benzene rings is 9. The van der Waals surface area contributed by atoms with Gasteiger partial charge in [0, 0.05) is 57.0 Å². The normalized spacial score (nSPS) is 11.8. The minimum atomic E-state index is 0.865. The molecule has 0 atom stereocenters. The molecule has 0 aliphatic heterocycles. The highest BCUT2D eigenvalue weighted by atomic mass is 32.1. The zero-order valence-corrected chi connectivity index (χ0v) is 32.9. The van der Waals surface area contributed by atoms with Gasteiger partial charge in [0.1, 0.15) is 11.2 Å². The molecule has 3 heterocycles. The van der Waals surface area contributed by atoms with Crippen LogP contribution in [0.4, 0.5) is 17.1 Å². The third kappa shape index (κ3) is 5.30. The van der Waals surface area contributed by atoms with Crippen LogP contribution in [-0.4, -0.2) is 0 Å². The summed E-state index contributed by atoms with van der Waals surface area (Å²) in [5, 5.41) is 7.21. The van der Waals surface area contributed by atoms with E-state index >= 15 is 0 Å². The Bertz CT molecular complexity index is 3510. The predicted molar refractivity (Wildman–Crippen MR) is 250 cm³/mol. The second-order valence-electron chi connectivity index (χ2n) is 14.8. The standard InChI is InChI=1S/C54H33NOS2/c1-4-14-34(15-5-1)37-24-26-42-47(31-37)56-54-40(36-18-8-3-9-19-36)27-28-45(53(42)54)55(39-25-29-50-44(33-39)41-20-10-12-22-48(41)57-50)46-30-38(35-16-6-2-7-17-35)32-51-52(46)43-21-11-13-23-49(43)58-51/h1-33H. The quantitative estimate of drug-likeness (QED) is 0.167. The van der Waals surface area contributed by atoms with Crippen molar-refractivity contribution < 1.29 is 4.42 Å². The lowest BCUT2D eigenvalue weighted by molar-refractivity contribution is 0.670. The number of fused-ring (bicyclic) bond motifs is 9. The van der Waals surface area contributed by atoms with Gasteiger partial charge in [-0.3, -0.25) is 0 Å². The van der Waals surface area contributed by atoms with Crippen LogP contribution in [-0.2, 0) is 0 Å². The maximum Gasteiger partial charge on any atom is 0.145 e. The van der Waals surface area contributed by atoms with Gasteiger partial charge in [0.25, 0.3) is 0 Å². The molecule has 0 spiro atoms. The minimum absolute atomic E-state index is 0.865. The number of anilines is 3. The third-order valence-corrected chi connectivity index (χ3v) is 13.7. The van der Waals surface area contributed by atoms with Crippen molar-refractivity contribution in [3.63, 3.8) is 0 Å². The van der Waals surface area contributed by atoms with Gasteiger partial charge >= 0.3 is 0 Å². The maximum atomic E-state index is 7.09. The summed E-state index contributed by atoms with van der Waals surface area (Å²) in [6.07, 6.45) is 0. The van der Waals surface area contributed by atoms with E-state index < -0.39 is 0 Å². The number of hydrogen-bond donors (Lipinski definition) is 0. The van der Waals surface area contributed by atoms with Gasteiger partial charge in [-0.1, -0.05) is 133 Å². The molecular weight excluding hydrogens is 743 g/mol. The highest BCUT2D eigenvalue weighted by molar-refractivity contribution is 7.26. The van der Waals surface area contributed by atoms with Crippen molar-refractivity contribution >= 4 is 102 Å². The molecule has 9 aromatic carbocycles. The maximum absolute atomic E-state index is 7.09. The van der Waals surface area contributed by atoms with Crippen molar-refractivity contribution in [3.8, 4) is 33.4 Å². The fourth-order valence-electron chi connectivity index (χ4n) is 8.77. The second kappa shape index (κ2) is 13.3. The molecule has 0 unspecified atom stereocenters. The van der Waals surface area contributed by atoms with Gasteiger partial charge in [-0.05, 0) is 94.5 Å². The van der Waals surface area contributed by atoms with Crippen molar-refractivity contribution in [2.45, 2.75) is 0 Å². The molecule has 4 heteroatoms. The van der Waals surface area contributed by atoms with E-state index in [1.165, 1.54) is 51.5 Å². The van der Waals surface area contributed by atoms with Gasteiger partial charge in [-0.2, -0.15) is 0 Å². The van der Waals surface area contributed by atoms with E-state index in [0.29, 0.717) is 0 Å².